The van der Waals surface area contributed by atoms with Gasteiger partial charge in [0, 0.05) is 61.5 Å². The number of thiazole rings is 1. The number of aromatic amines is 1. The molecule has 3 aromatic carbocycles. The second kappa shape index (κ2) is 15.7. The number of hydrogen-bond acceptors (Lipinski definition) is 6. The van der Waals surface area contributed by atoms with E-state index in [1.165, 1.54) is 16.9 Å². The molecule has 2 aliphatic heterocycles. The Morgan fingerprint density at radius 1 is 0.962 bits per heavy atom. The van der Waals surface area contributed by atoms with Crippen LogP contribution in [-0.4, -0.2) is 82.7 Å². The second-order valence-corrected chi connectivity index (χ2v) is 15.1. The van der Waals surface area contributed by atoms with Crippen molar-refractivity contribution in [2.24, 2.45) is 17.8 Å². The third-order valence-electron chi connectivity index (χ3n) is 10.4. The molecular formula is C40H41ClN6O4S. The quantitative estimate of drug-likeness (QED) is 0.163. The number of nitrogens with one attached hydrogen (secondary N) is 3. The number of aryl methyl sites for hydroxylation is 1. The molecule has 3 unspecified atom stereocenters. The molecule has 7 rings (SSSR count). The molecule has 0 spiro atoms. The number of aromatic nitrogens is 2. The average Bonchev–Trinajstić information content (AvgIpc) is 3.93. The number of amides is 4. The lowest BCUT2D eigenvalue weighted by Gasteiger charge is -2.40. The maximum absolute atomic E-state index is 14.2. The van der Waals surface area contributed by atoms with Crippen LogP contribution in [0.15, 0.2) is 91.3 Å². The number of halogens is 1. The Morgan fingerprint density at radius 2 is 1.71 bits per heavy atom. The van der Waals surface area contributed by atoms with Crippen LogP contribution in [0.25, 0.3) is 21.3 Å². The third-order valence-corrected chi connectivity index (χ3v) is 11.6. The number of benzene rings is 3. The van der Waals surface area contributed by atoms with Gasteiger partial charge in [-0.25, -0.2) is 4.98 Å². The summed E-state index contributed by atoms with van der Waals surface area (Å²) in [5.74, 6) is -1.74. The molecule has 2 saturated heterocycles. The summed E-state index contributed by atoms with van der Waals surface area (Å²) in [6, 6.07) is 24.7. The zero-order valence-electron chi connectivity index (χ0n) is 28.9. The molecule has 10 nitrogen and oxygen atoms in total. The van der Waals surface area contributed by atoms with Crippen LogP contribution in [0.2, 0.25) is 5.02 Å². The van der Waals surface area contributed by atoms with E-state index >= 15 is 0 Å². The molecule has 2 aliphatic rings. The summed E-state index contributed by atoms with van der Waals surface area (Å²) in [4.78, 5) is 67.2. The Balaban J connectivity index is 1.10. The maximum atomic E-state index is 14.2. The number of carbonyl (C=O) groups excluding carboxylic acids is 4. The first-order valence-electron chi connectivity index (χ1n) is 17.7. The molecule has 12 heteroatoms. The monoisotopic (exact) mass is 736 g/mol. The van der Waals surface area contributed by atoms with Crippen molar-refractivity contribution in [2.75, 3.05) is 33.2 Å². The van der Waals surface area contributed by atoms with Gasteiger partial charge < -0.3 is 25.4 Å². The second-order valence-electron chi connectivity index (χ2n) is 13.7. The molecule has 2 aromatic heterocycles. The smallest absolute Gasteiger partial charge is 0.282 e. The first-order valence-corrected chi connectivity index (χ1v) is 18.9. The molecule has 4 amide bonds. The van der Waals surface area contributed by atoms with Crippen molar-refractivity contribution < 1.29 is 19.2 Å². The minimum atomic E-state index is -0.727. The minimum absolute atomic E-state index is 0.102. The van der Waals surface area contributed by atoms with E-state index in [2.05, 4.69) is 20.6 Å². The van der Waals surface area contributed by atoms with Gasteiger partial charge in [0.05, 0.1) is 17.2 Å². The van der Waals surface area contributed by atoms with Crippen LogP contribution in [0.4, 0.5) is 0 Å². The normalized spacial score (nSPS) is 18.9. The predicted molar refractivity (Wildman–Crippen MR) is 203 cm³/mol. The van der Waals surface area contributed by atoms with E-state index in [0.29, 0.717) is 42.5 Å². The number of fused-ring (bicyclic) bond motifs is 2. The minimum Gasteiger partial charge on any atom is -0.361 e. The van der Waals surface area contributed by atoms with E-state index in [0.717, 1.165) is 33.3 Å². The molecule has 4 heterocycles. The number of likely N-dealkylation sites (N-methyl/N-ethyl adjacent to an activating group) is 1. The van der Waals surface area contributed by atoms with Gasteiger partial charge in [0.1, 0.15) is 6.04 Å². The number of likely N-dealkylation sites (tertiary alicyclic amines) is 2. The van der Waals surface area contributed by atoms with E-state index in [4.69, 9.17) is 11.6 Å². The Labute approximate surface area is 311 Å². The van der Waals surface area contributed by atoms with E-state index in [-0.39, 0.29) is 48.4 Å². The van der Waals surface area contributed by atoms with E-state index in [9.17, 15) is 19.2 Å². The van der Waals surface area contributed by atoms with Crippen LogP contribution in [-0.2, 0) is 27.2 Å². The first kappa shape index (κ1) is 35.4. The molecule has 5 aromatic rings. The lowest BCUT2D eigenvalue weighted by Crippen LogP contribution is -2.56. The van der Waals surface area contributed by atoms with Gasteiger partial charge in [0.25, 0.3) is 5.91 Å². The summed E-state index contributed by atoms with van der Waals surface area (Å²) >= 11 is 7.54. The highest BCUT2D eigenvalue weighted by atomic mass is 35.5. The molecule has 4 atom stereocenters. The summed E-state index contributed by atoms with van der Waals surface area (Å²) in [6.07, 6.45) is 5.65. The summed E-state index contributed by atoms with van der Waals surface area (Å²) in [5.41, 5.74) is 3.85. The van der Waals surface area contributed by atoms with Gasteiger partial charge in [0.2, 0.25) is 17.7 Å². The van der Waals surface area contributed by atoms with Crippen LogP contribution in [0.3, 0.4) is 0 Å². The van der Waals surface area contributed by atoms with Crippen molar-refractivity contribution in [3.63, 3.8) is 0 Å². The van der Waals surface area contributed by atoms with Gasteiger partial charge in [-0.3, -0.25) is 19.2 Å². The van der Waals surface area contributed by atoms with Crippen LogP contribution >= 0.6 is 22.9 Å². The topological polar surface area (TPSA) is 128 Å². The van der Waals surface area contributed by atoms with Crippen LogP contribution in [0, 0.1) is 17.8 Å². The molecule has 0 saturated carbocycles. The Kier molecular flexibility index (Phi) is 10.7. The SMILES string of the molecule is CNC(=O)[C@H](CCCc1ccccc1)NC(=O)C1CN(C(=O)Cc2c[nH]c3cc(Cl)ccc23)CC2CN(C(=O)c3ncc(-c4ccccc4)s3)CC21. The lowest BCUT2D eigenvalue weighted by molar-refractivity contribution is -0.140. The largest absolute Gasteiger partial charge is 0.361 e. The van der Waals surface area contributed by atoms with Crippen molar-refractivity contribution >= 4 is 57.5 Å². The van der Waals surface area contributed by atoms with Crippen molar-refractivity contribution in [1.82, 2.24) is 30.4 Å². The molecule has 0 radical (unpaired) electrons. The van der Waals surface area contributed by atoms with Crippen LogP contribution < -0.4 is 10.6 Å². The van der Waals surface area contributed by atoms with Gasteiger partial charge in [-0.15, -0.1) is 11.3 Å². The van der Waals surface area contributed by atoms with E-state index in [1.54, 1.807) is 29.1 Å². The standard InChI is InChI=1S/C40H41ClN6O4S/c1-42-38(50)33(14-8-11-25-9-4-2-5-10-25)45-37(49)32-24-46(36(48)17-27-19-43-34-18-29(41)15-16-30(27)34)21-28-22-47(23-31(28)32)40(51)39-44-20-35(52-39)26-12-6-3-7-13-26/h2-7,9-10,12-13,15-16,18-20,28,31-33,43H,8,11,14,17,21-24H2,1H3,(H,42,50)(H,45,49)/t28?,31?,32?,33-/m0/s1. The molecule has 0 bridgehead atoms. The zero-order valence-corrected chi connectivity index (χ0v) is 30.5. The molecule has 0 aliphatic carbocycles. The Bertz CT molecular complexity index is 2070. The van der Waals surface area contributed by atoms with Crippen molar-refractivity contribution in [3.8, 4) is 10.4 Å². The van der Waals surface area contributed by atoms with E-state index in [1.807, 2.05) is 79.0 Å². The summed E-state index contributed by atoms with van der Waals surface area (Å²) in [7, 11) is 1.57. The van der Waals surface area contributed by atoms with Gasteiger partial charge in [-0.05, 0) is 59.9 Å². The number of hydrogen-bond donors (Lipinski definition) is 3. The van der Waals surface area contributed by atoms with Crippen molar-refractivity contribution in [3.05, 3.63) is 112 Å². The molecule has 3 N–H and O–H groups in total. The van der Waals surface area contributed by atoms with Gasteiger partial charge >= 0.3 is 0 Å². The average molecular weight is 737 g/mol. The highest BCUT2D eigenvalue weighted by Crippen LogP contribution is 2.37. The number of piperidine rings is 1. The van der Waals surface area contributed by atoms with Crippen LogP contribution in [0.1, 0.15) is 33.8 Å². The highest BCUT2D eigenvalue weighted by Gasteiger charge is 2.48. The molecule has 52 heavy (non-hydrogen) atoms. The molecular weight excluding hydrogens is 696 g/mol. The van der Waals surface area contributed by atoms with Crippen molar-refractivity contribution in [1.29, 1.82) is 0 Å². The van der Waals surface area contributed by atoms with Gasteiger partial charge in [-0.2, -0.15) is 0 Å². The predicted octanol–water partition coefficient (Wildman–Crippen LogP) is 5.59. The summed E-state index contributed by atoms with van der Waals surface area (Å²) in [6.45, 7) is 1.39. The number of carbonyl (C=O) groups is 4. The fraction of sp³-hybridized carbons (Fsp3) is 0.325. The fourth-order valence-corrected chi connectivity index (χ4v) is 8.68. The number of rotatable bonds is 11. The van der Waals surface area contributed by atoms with Crippen molar-refractivity contribution in [2.45, 2.75) is 31.7 Å². The maximum Gasteiger partial charge on any atom is 0.282 e. The first-order chi connectivity index (χ1) is 25.3. The highest BCUT2D eigenvalue weighted by molar-refractivity contribution is 7.16. The third kappa shape index (κ3) is 7.75. The summed E-state index contributed by atoms with van der Waals surface area (Å²) < 4.78 is 0. The number of nitrogens with zero attached hydrogens (tertiary/aromatic N) is 3. The fourth-order valence-electron chi connectivity index (χ4n) is 7.62. The summed E-state index contributed by atoms with van der Waals surface area (Å²) in [5, 5.41) is 7.67. The van der Waals surface area contributed by atoms with Gasteiger partial charge in [0.15, 0.2) is 5.01 Å². The van der Waals surface area contributed by atoms with Crippen LogP contribution in [0.5, 0.6) is 0 Å². The van der Waals surface area contributed by atoms with Gasteiger partial charge in [-0.1, -0.05) is 78.3 Å². The zero-order chi connectivity index (χ0) is 36.2. The molecule has 268 valence electrons. The lowest BCUT2D eigenvalue weighted by atomic mass is 9.79. The molecule has 2 fully saturated rings. The Morgan fingerprint density at radius 3 is 2.48 bits per heavy atom. The Hall–Kier alpha value is -5.00. The van der Waals surface area contributed by atoms with E-state index < -0.39 is 12.0 Å². The number of H-pyrrole nitrogens is 1.